The van der Waals surface area contributed by atoms with E-state index in [1.807, 2.05) is 11.5 Å². The fourth-order valence-corrected chi connectivity index (χ4v) is 4.72. The fraction of sp³-hybridized carbons (Fsp3) is 0.533. The maximum Gasteiger partial charge on any atom is 0.338 e. The Hall–Kier alpha value is -0.930. The van der Waals surface area contributed by atoms with Crippen LogP contribution in [0.5, 0.6) is 0 Å². The lowest BCUT2D eigenvalue weighted by molar-refractivity contribution is 0.0482. The number of aromatic carboxylic acids is 1. The van der Waals surface area contributed by atoms with Gasteiger partial charge in [-0.05, 0) is 44.2 Å². The summed E-state index contributed by atoms with van der Waals surface area (Å²) >= 11 is 8.36. The number of carboxylic acid groups (broad SMARTS) is 1. The van der Waals surface area contributed by atoms with Crippen molar-refractivity contribution in [2.75, 3.05) is 13.2 Å². The van der Waals surface area contributed by atoms with Gasteiger partial charge in [0.2, 0.25) is 5.28 Å². The second-order valence-corrected chi connectivity index (χ2v) is 8.41. The number of fused-ring (bicyclic) bond motifs is 1. The van der Waals surface area contributed by atoms with Crippen LogP contribution < -0.4 is 0 Å². The summed E-state index contributed by atoms with van der Waals surface area (Å²) in [4.78, 5) is 20.0. The topological polar surface area (TPSA) is 77.2 Å². The number of aromatic nitrogens is 3. The molecule has 1 saturated heterocycles. The van der Waals surface area contributed by atoms with Crippen LogP contribution in [0.3, 0.4) is 0 Å². The molecule has 2 aromatic heterocycles. The average molecular weight is 450 g/mol. The molecule has 1 atom stereocenters. The summed E-state index contributed by atoms with van der Waals surface area (Å²) in [7, 11) is 0. The van der Waals surface area contributed by atoms with Crippen molar-refractivity contribution < 1.29 is 14.6 Å². The zero-order valence-electron chi connectivity index (χ0n) is 12.8. The first-order valence-electron chi connectivity index (χ1n) is 7.38. The second kappa shape index (κ2) is 6.18. The van der Waals surface area contributed by atoms with Gasteiger partial charge in [-0.3, -0.25) is 0 Å². The van der Waals surface area contributed by atoms with Crippen molar-refractivity contribution in [3.05, 3.63) is 22.7 Å². The predicted molar refractivity (Wildman–Crippen MR) is 95.4 cm³/mol. The Balaban J connectivity index is 2.25. The first-order chi connectivity index (χ1) is 10.8. The Labute approximate surface area is 152 Å². The molecular formula is C15H17ClIN3O3. The molecule has 124 valence electrons. The molecule has 0 amide bonds. The lowest BCUT2D eigenvalue weighted by Gasteiger charge is -2.37. The molecule has 8 heteroatoms. The Bertz CT molecular complexity index is 769. The van der Waals surface area contributed by atoms with Gasteiger partial charge in [-0.2, -0.15) is 4.98 Å². The summed E-state index contributed by atoms with van der Waals surface area (Å²) in [5, 5.41) is 10.2. The zero-order valence-corrected chi connectivity index (χ0v) is 15.8. The van der Waals surface area contributed by atoms with Crippen molar-refractivity contribution in [1.29, 1.82) is 0 Å². The van der Waals surface area contributed by atoms with E-state index in [9.17, 15) is 9.90 Å². The van der Waals surface area contributed by atoms with Gasteiger partial charge in [-0.1, -0.05) is 22.6 Å². The van der Waals surface area contributed by atoms with Crippen LogP contribution in [-0.2, 0) is 8.28 Å². The maximum atomic E-state index is 11.7. The number of nitrogens with zero attached hydrogens (tertiary/aromatic N) is 3. The van der Waals surface area contributed by atoms with E-state index >= 15 is 0 Å². The average Bonchev–Trinajstić information content (AvgIpc) is 2.79. The predicted octanol–water partition coefficient (Wildman–Crippen LogP) is 3.63. The van der Waals surface area contributed by atoms with Crippen LogP contribution in [0.15, 0.2) is 6.20 Å². The molecule has 2 aromatic rings. The standard InChI is InChI=1S/C15H17ClIN3O3/c1-8-11(13(21)22)10-7-18-14(16)19-12(10)20(8)15(2,17)9-3-5-23-6-4-9/h7,9H,3-6H2,1-2H3,(H,21,22). The fourth-order valence-electron chi connectivity index (χ4n) is 3.38. The highest BCUT2D eigenvalue weighted by Gasteiger charge is 2.38. The van der Waals surface area contributed by atoms with E-state index in [0.717, 1.165) is 26.1 Å². The quantitative estimate of drug-likeness (QED) is 0.440. The van der Waals surface area contributed by atoms with Crippen LogP contribution in [0.2, 0.25) is 5.28 Å². The number of halogens is 2. The van der Waals surface area contributed by atoms with Crippen molar-refractivity contribution >= 4 is 51.2 Å². The van der Waals surface area contributed by atoms with Crippen molar-refractivity contribution in [3.8, 4) is 0 Å². The molecule has 6 nitrogen and oxygen atoms in total. The summed E-state index contributed by atoms with van der Waals surface area (Å²) in [5.74, 6) is -0.613. The Morgan fingerprint density at radius 2 is 2.17 bits per heavy atom. The molecule has 1 aliphatic heterocycles. The minimum Gasteiger partial charge on any atom is -0.478 e. The van der Waals surface area contributed by atoms with Gasteiger partial charge in [-0.25, -0.2) is 9.78 Å². The SMILES string of the molecule is Cc1c(C(=O)O)c2cnc(Cl)nc2n1C(C)(I)C1CCOCC1. The molecule has 0 radical (unpaired) electrons. The number of alkyl halides is 1. The van der Waals surface area contributed by atoms with Gasteiger partial charge in [0, 0.05) is 25.1 Å². The lowest BCUT2D eigenvalue weighted by Crippen LogP contribution is -2.36. The first-order valence-corrected chi connectivity index (χ1v) is 8.83. The molecule has 0 saturated carbocycles. The van der Waals surface area contributed by atoms with E-state index in [1.54, 1.807) is 0 Å². The van der Waals surface area contributed by atoms with E-state index < -0.39 is 5.97 Å². The second-order valence-electron chi connectivity index (χ2n) is 5.89. The van der Waals surface area contributed by atoms with Gasteiger partial charge >= 0.3 is 5.97 Å². The summed E-state index contributed by atoms with van der Waals surface area (Å²) in [6, 6.07) is 0. The third-order valence-electron chi connectivity index (χ3n) is 4.54. The maximum absolute atomic E-state index is 11.7. The Kier molecular flexibility index (Phi) is 4.54. The molecule has 0 bridgehead atoms. The Morgan fingerprint density at radius 3 is 2.78 bits per heavy atom. The van der Waals surface area contributed by atoms with Crippen LogP contribution >= 0.6 is 34.2 Å². The van der Waals surface area contributed by atoms with Crippen LogP contribution in [-0.4, -0.2) is 38.8 Å². The number of rotatable bonds is 3. The summed E-state index contributed by atoms with van der Waals surface area (Å²) < 4.78 is 7.13. The van der Waals surface area contributed by atoms with Gasteiger partial charge in [0.05, 0.1) is 14.5 Å². The number of hydrogen-bond donors (Lipinski definition) is 1. The van der Waals surface area contributed by atoms with Crippen molar-refractivity contribution in [2.45, 2.75) is 30.2 Å². The largest absolute Gasteiger partial charge is 0.478 e. The van der Waals surface area contributed by atoms with Gasteiger partial charge in [0.15, 0.2) is 0 Å². The van der Waals surface area contributed by atoms with Gasteiger partial charge < -0.3 is 14.4 Å². The minimum absolute atomic E-state index is 0.118. The van der Waals surface area contributed by atoms with E-state index in [1.165, 1.54) is 6.20 Å². The van der Waals surface area contributed by atoms with Gasteiger partial charge in [-0.15, -0.1) is 0 Å². The molecule has 1 unspecified atom stereocenters. The normalized spacial score (nSPS) is 19.0. The highest BCUT2D eigenvalue weighted by molar-refractivity contribution is 14.1. The minimum atomic E-state index is -0.976. The monoisotopic (exact) mass is 449 g/mol. The highest BCUT2D eigenvalue weighted by atomic mass is 127. The lowest BCUT2D eigenvalue weighted by atomic mass is 9.92. The van der Waals surface area contributed by atoms with Crippen LogP contribution in [0.1, 0.15) is 35.8 Å². The summed E-state index contributed by atoms with van der Waals surface area (Å²) in [5.41, 5.74) is 1.49. The van der Waals surface area contributed by atoms with Crippen molar-refractivity contribution in [3.63, 3.8) is 0 Å². The molecule has 1 N–H and O–H groups in total. The van der Waals surface area contributed by atoms with E-state index in [0.29, 0.717) is 22.6 Å². The molecule has 1 aliphatic rings. The highest BCUT2D eigenvalue weighted by Crippen LogP contribution is 2.43. The molecule has 0 spiro atoms. The third kappa shape index (κ3) is 2.83. The third-order valence-corrected chi connectivity index (χ3v) is 6.08. The smallest absolute Gasteiger partial charge is 0.338 e. The molecule has 3 rings (SSSR count). The van der Waals surface area contributed by atoms with E-state index in [2.05, 4.69) is 39.5 Å². The zero-order chi connectivity index (χ0) is 16.8. The molecule has 23 heavy (non-hydrogen) atoms. The molecular weight excluding hydrogens is 433 g/mol. The molecule has 0 aromatic carbocycles. The number of ether oxygens (including phenoxy) is 1. The molecule has 3 heterocycles. The van der Waals surface area contributed by atoms with E-state index in [4.69, 9.17) is 16.3 Å². The molecule has 0 aliphatic carbocycles. The van der Waals surface area contributed by atoms with Crippen LogP contribution in [0, 0.1) is 12.8 Å². The Morgan fingerprint density at radius 1 is 1.52 bits per heavy atom. The summed E-state index contributed by atoms with van der Waals surface area (Å²) in [6.45, 7) is 5.37. The molecule has 1 fully saturated rings. The number of hydrogen-bond acceptors (Lipinski definition) is 4. The van der Waals surface area contributed by atoms with Crippen LogP contribution in [0.4, 0.5) is 0 Å². The van der Waals surface area contributed by atoms with Crippen LogP contribution in [0.25, 0.3) is 11.0 Å². The number of carboxylic acids is 1. The van der Waals surface area contributed by atoms with E-state index in [-0.39, 0.29) is 14.4 Å². The summed E-state index contributed by atoms with van der Waals surface area (Å²) in [6.07, 6.45) is 3.36. The van der Waals surface area contributed by atoms with Crippen molar-refractivity contribution in [1.82, 2.24) is 14.5 Å². The van der Waals surface area contributed by atoms with Gasteiger partial charge in [0.1, 0.15) is 5.65 Å². The first kappa shape index (κ1) is 16.9. The number of carbonyl (C=O) groups is 1. The van der Waals surface area contributed by atoms with Gasteiger partial charge in [0.25, 0.3) is 0 Å². The van der Waals surface area contributed by atoms with Crippen molar-refractivity contribution in [2.24, 2.45) is 5.92 Å².